The molecule has 0 saturated heterocycles. The number of hydrogen-bond acceptors (Lipinski definition) is 4. The van der Waals surface area contributed by atoms with E-state index in [1.165, 1.54) is 0 Å². The number of nitrogens with zero attached hydrogens (tertiary/aromatic N) is 1. The lowest BCUT2D eigenvalue weighted by Gasteiger charge is -2.06. The first-order valence-corrected chi connectivity index (χ1v) is 7.06. The standard InChI is InChI=1S/C12H16N2O3S/c1-3-17-6-7-18(15)12-13-10-5-4-9(16-2)8-11(10)14-12/h4-5,8H,3,6-7H2,1-2H3,(H,13,14). The van der Waals surface area contributed by atoms with Gasteiger partial charge in [0.2, 0.25) is 0 Å². The molecule has 0 radical (unpaired) electrons. The van der Waals surface area contributed by atoms with Gasteiger partial charge in [-0.05, 0) is 19.1 Å². The van der Waals surface area contributed by atoms with Crippen LogP contribution in [0.25, 0.3) is 11.0 Å². The van der Waals surface area contributed by atoms with Crippen LogP contribution in [0.4, 0.5) is 0 Å². The Labute approximate surface area is 109 Å². The molecule has 0 aliphatic rings. The number of fused-ring (bicyclic) bond motifs is 1. The highest BCUT2D eigenvalue weighted by Crippen LogP contribution is 2.20. The summed E-state index contributed by atoms with van der Waals surface area (Å²) >= 11 is -1.16. The normalized spacial score (nSPS) is 12.8. The fourth-order valence-corrected chi connectivity index (χ4v) is 2.46. The largest absolute Gasteiger partial charge is 0.609 e. The topological polar surface area (TPSA) is 70.2 Å². The molecule has 2 rings (SSSR count). The van der Waals surface area contributed by atoms with Crippen molar-refractivity contribution in [2.24, 2.45) is 0 Å². The monoisotopic (exact) mass is 268 g/mol. The quantitative estimate of drug-likeness (QED) is 0.639. The minimum Gasteiger partial charge on any atom is -0.609 e. The van der Waals surface area contributed by atoms with Gasteiger partial charge in [-0.3, -0.25) is 4.98 Å². The molecule has 1 atom stereocenters. The van der Waals surface area contributed by atoms with Gasteiger partial charge in [-0.25, -0.2) is 0 Å². The van der Waals surface area contributed by atoms with Crippen LogP contribution in [0.15, 0.2) is 23.4 Å². The lowest BCUT2D eigenvalue weighted by atomic mass is 10.3. The van der Waals surface area contributed by atoms with Crippen LogP contribution < -0.4 is 4.74 Å². The van der Waals surface area contributed by atoms with E-state index in [2.05, 4.69) is 9.97 Å². The Morgan fingerprint density at radius 3 is 3.00 bits per heavy atom. The summed E-state index contributed by atoms with van der Waals surface area (Å²) in [7, 11) is 1.61. The van der Waals surface area contributed by atoms with Crippen LogP contribution >= 0.6 is 0 Å². The highest BCUT2D eigenvalue weighted by molar-refractivity contribution is 7.91. The molecule has 18 heavy (non-hydrogen) atoms. The smallest absolute Gasteiger partial charge is 0.321 e. The van der Waals surface area contributed by atoms with E-state index in [-0.39, 0.29) is 0 Å². The van der Waals surface area contributed by atoms with Crippen molar-refractivity contribution in [2.75, 3.05) is 26.1 Å². The molecule has 0 fully saturated rings. The molecular formula is C12H16N2O3S. The molecule has 1 unspecified atom stereocenters. The van der Waals surface area contributed by atoms with E-state index in [4.69, 9.17) is 9.47 Å². The summed E-state index contributed by atoms with van der Waals surface area (Å²) in [6.45, 7) is 3.02. The SMILES string of the molecule is CCOCC[S+]([O-])c1nc2ccc(OC)cc2[nH]1. The lowest BCUT2D eigenvalue weighted by molar-refractivity contribution is 0.163. The maximum Gasteiger partial charge on any atom is 0.321 e. The van der Waals surface area contributed by atoms with E-state index in [9.17, 15) is 4.55 Å². The number of hydrogen-bond donors (Lipinski definition) is 1. The van der Waals surface area contributed by atoms with Crippen LogP contribution in [0.3, 0.4) is 0 Å². The number of benzene rings is 1. The van der Waals surface area contributed by atoms with Crippen molar-refractivity contribution in [3.8, 4) is 5.75 Å². The van der Waals surface area contributed by atoms with Gasteiger partial charge >= 0.3 is 5.16 Å². The second-order valence-electron chi connectivity index (χ2n) is 3.67. The molecule has 1 heterocycles. The van der Waals surface area contributed by atoms with E-state index in [0.29, 0.717) is 24.1 Å². The van der Waals surface area contributed by atoms with Crippen molar-refractivity contribution < 1.29 is 14.0 Å². The first-order chi connectivity index (χ1) is 8.74. The molecule has 0 aliphatic heterocycles. The summed E-state index contributed by atoms with van der Waals surface area (Å²) in [4.78, 5) is 7.35. The number of ether oxygens (including phenoxy) is 2. The van der Waals surface area contributed by atoms with Crippen molar-refractivity contribution >= 4 is 22.2 Å². The van der Waals surface area contributed by atoms with E-state index >= 15 is 0 Å². The molecule has 1 aromatic heterocycles. The third-order valence-corrected chi connectivity index (χ3v) is 3.66. The summed E-state index contributed by atoms with van der Waals surface area (Å²) in [5.74, 6) is 1.20. The van der Waals surface area contributed by atoms with E-state index in [0.717, 1.165) is 16.8 Å². The van der Waals surface area contributed by atoms with Gasteiger partial charge in [0.15, 0.2) is 0 Å². The van der Waals surface area contributed by atoms with Gasteiger partial charge < -0.3 is 14.0 Å². The number of methoxy groups -OCH3 is 1. The highest BCUT2D eigenvalue weighted by atomic mass is 32.2. The Morgan fingerprint density at radius 2 is 2.28 bits per heavy atom. The molecule has 1 aromatic carbocycles. The Kier molecular flexibility index (Phi) is 4.46. The molecule has 0 saturated carbocycles. The number of H-pyrrole nitrogens is 1. The molecule has 0 spiro atoms. The van der Waals surface area contributed by atoms with E-state index in [1.807, 2.05) is 25.1 Å². The van der Waals surface area contributed by atoms with Crippen LogP contribution in [0.1, 0.15) is 6.92 Å². The molecule has 0 aliphatic carbocycles. The van der Waals surface area contributed by atoms with Gasteiger partial charge in [0.1, 0.15) is 11.5 Å². The first-order valence-electron chi connectivity index (χ1n) is 5.74. The van der Waals surface area contributed by atoms with Crippen molar-refractivity contribution in [1.82, 2.24) is 9.97 Å². The van der Waals surface area contributed by atoms with Crippen molar-refractivity contribution in [3.63, 3.8) is 0 Å². The summed E-state index contributed by atoms with van der Waals surface area (Å²) < 4.78 is 22.3. The molecule has 1 N–H and O–H groups in total. The van der Waals surface area contributed by atoms with Crippen molar-refractivity contribution in [2.45, 2.75) is 12.1 Å². The number of rotatable bonds is 6. The van der Waals surface area contributed by atoms with Gasteiger partial charge in [0.05, 0.1) is 24.8 Å². The first kappa shape index (κ1) is 13.2. The van der Waals surface area contributed by atoms with Crippen molar-refractivity contribution in [3.05, 3.63) is 18.2 Å². The fourth-order valence-electron chi connectivity index (χ4n) is 1.58. The van der Waals surface area contributed by atoms with Crippen LogP contribution in [0.2, 0.25) is 0 Å². The van der Waals surface area contributed by atoms with Crippen LogP contribution in [0.5, 0.6) is 5.75 Å². The van der Waals surface area contributed by atoms with Crippen molar-refractivity contribution in [1.29, 1.82) is 0 Å². The Balaban J connectivity index is 2.13. The van der Waals surface area contributed by atoms with Gasteiger partial charge in [-0.1, -0.05) is 0 Å². The number of nitrogens with one attached hydrogen (secondary N) is 1. The zero-order chi connectivity index (χ0) is 13.0. The predicted molar refractivity (Wildman–Crippen MR) is 70.4 cm³/mol. The Morgan fingerprint density at radius 1 is 1.44 bits per heavy atom. The second kappa shape index (κ2) is 6.08. The second-order valence-corrected chi connectivity index (χ2v) is 5.16. The lowest BCUT2D eigenvalue weighted by Crippen LogP contribution is -2.13. The zero-order valence-corrected chi connectivity index (χ0v) is 11.3. The number of aromatic amines is 1. The summed E-state index contributed by atoms with van der Waals surface area (Å²) in [6, 6.07) is 5.51. The van der Waals surface area contributed by atoms with Crippen LogP contribution in [0, 0.1) is 0 Å². The van der Waals surface area contributed by atoms with E-state index < -0.39 is 11.2 Å². The summed E-state index contributed by atoms with van der Waals surface area (Å²) in [5, 5.41) is 0.484. The molecular weight excluding hydrogens is 252 g/mol. The summed E-state index contributed by atoms with van der Waals surface area (Å²) in [5.41, 5.74) is 1.62. The molecule has 5 nitrogen and oxygen atoms in total. The average molecular weight is 268 g/mol. The molecule has 98 valence electrons. The minimum absolute atomic E-state index is 0.449. The highest BCUT2D eigenvalue weighted by Gasteiger charge is 2.16. The fraction of sp³-hybridized carbons (Fsp3) is 0.417. The maximum atomic E-state index is 11.9. The average Bonchev–Trinajstić information content (AvgIpc) is 2.81. The van der Waals surface area contributed by atoms with Gasteiger partial charge in [-0.15, -0.1) is 0 Å². The molecule has 0 bridgehead atoms. The van der Waals surface area contributed by atoms with E-state index in [1.54, 1.807) is 7.11 Å². The predicted octanol–water partition coefficient (Wildman–Crippen LogP) is 1.72. The Bertz CT molecular complexity index is 515. The van der Waals surface area contributed by atoms with Gasteiger partial charge in [0.25, 0.3) is 0 Å². The van der Waals surface area contributed by atoms with Gasteiger partial charge in [-0.2, -0.15) is 4.98 Å². The van der Waals surface area contributed by atoms with Gasteiger partial charge in [0, 0.05) is 23.8 Å². The number of aromatic nitrogens is 2. The number of imidazole rings is 1. The summed E-state index contributed by atoms with van der Waals surface area (Å²) in [6.07, 6.45) is 0. The molecule has 6 heteroatoms. The maximum absolute atomic E-state index is 11.9. The minimum atomic E-state index is -1.16. The van der Waals surface area contributed by atoms with Crippen LogP contribution in [-0.4, -0.2) is 40.6 Å². The molecule has 2 aromatic rings. The zero-order valence-electron chi connectivity index (χ0n) is 10.4. The molecule has 0 amide bonds. The van der Waals surface area contributed by atoms with Crippen LogP contribution in [-0.2, 0) is 15.9 Å². The Hall–Kier alpha value is -1.24. The third kappa shape index (κ3) is 2.95. The third-order valence-electron chi connectivity index (χ3n) is 2.50.